The van der Waals surface area contributed by atoms with E-state index in [9.17, 15) is 24.0 Å². The van der Waals surface area contributed by atoms with E-state index in [-0.39, 0.29) is 5.56 Å². The van der Waals surface area contributed by atoms with E-state index in [1.807, 2.05) is 10.6 Å². The molecule has 118 valence electrons. The minimum absolute atomic E-state index is 0.248. The number of imide groups is 2. The van der Waals surface area contributed by atoms with Crippen molar-refractivity contribution in [3.63, 3.8) is 0 Å². The summed E-state index contributed by atoms with van der Waals surface area (Å²) in [6.07, 6.45) is -0.556. The van der Waals surface area contributed by atoms with Crippen LogP contribution in [0.4, 0.5) is 0 Å². The van der Waals surface area contributed by atoms with Crippen LogP contribution in [-0.2, 0) is 19.2 Å². The number of ketones is 1. The third-order valence-electron chi connectivity index (χ3n) is 4.15. The van der Waals surface area contributed by atoms with E-state index in [0.717, 1.165) is 0 Å². The number of carbonyl (C=O) groups excluding carboxylic acids is 5. The van der Waals surface area contributed by atoms with E-state index >= 15 is 0 Å². The van der Waals surface area contributed by atoms with Gasteiger partial charge < -0.3 is 4.74 Å². The van der Waals surface area contributed by atoms with Crippen LogP contribution in [0.25, 0.3) is 0 Å². The van der Waals surface area contributed by atoms with Gasteiger partial charge in [0.15, 0.2) is 11.2 Å². The predicted molar refractivity (Wildman–Crippen MR) is 74.2 cm³/mol. The van der Waals surface area contributed by atoms with Crippen LogP contribution in [0.15, 0.2) is 24.3 Å². The molecule has 0 atom stereocenters. The molecule has 0 spiro atoms. The predicted octanol–water partition coefficient (Wildman–Crippen LogP) is -0.817. The number of benzene rings is 1. The maximum absolute atomic E-state index is 12.4. The second kappa shape index (κ2) is 5.01. The van der Waals surface area contributed by atoms with Gasteiger partial charge >= 0.3 is 0 Å². The molecule has 4 amide bonds. The fraction of sp³-hybridized carbons (Fsp3) is 0.267. The monoisotopic (exact) mass is 316 g/mol. The molecule has 2 heterocycles. The normalized spacial score (nSPS) is 25.9. The molecule has 8 nitrogen and oxygen atoms in total. The van der Waals surface area contributed by atoms with Gasteiger partial charge in [-0.3, -0.25) is 34.6 Å². The van der Waals surface area contributed by atoms with Gasteiger partial charge in [0.2, 0.25) is 23.6 Å². The maximum atomic E-state index is 12.4. The highest BCUT2D eigenvalue weighted by Gasteiger charge is 2.68. The molecule has 0 aliphatic carbocycles. The van der Waals surface area contributed by atoms with Gasteiger partial charge in [0, 0.05) is 12.0 Å². The van der Waals surface area contributed by atoms with Gasteiger partial charge in [-0.05, 0) is 24.3 Å². The number of ether oxygens (including phenoxy) is 1. The fourth-order valence-electron chi connectivity index (χ4n) is 2.92. The Hall–Kier alpha value is -3.03. The summed E-state index contributed by atoms with van der Waals surface area (Å²) in [6.45, 7) is 0. The Morgan fingerprint density at radius 2 is 1.57 bits per heavy atom. The SMILES string of the molecule is COc1ccc(C(=O)CC23C(=O)NC(=O)C2C(=O)NC3=O)cc1. The number of Topliss-reactive ketones (excluding diaryl/α,β-unsaturated/α-hetero) is 1. The third kappa shape index (κ3) is 2.02. The van der Waals surface area contributed by atoms with Gasteiger partial charge in [0.25, 0.3) is 0 Å². The van der Waals surface area contributed by atoms with E-state index in [4.69, 9.17) is 4.74 Å². The largest absolute Gasteiger partial charge is 0.497 e. The van der Waals surface area contributed by atoms with Crippen LogP contribution < -0.4 is 15.4 Å². The lowest BCUT2D eigenvalue weighted by molar-refractivity contribution is -0.139. The van der Waals surface area contributed by atoms with Crippen molar-refractivity contribution in [2.45, 2.75) is 6.42 Å². The number of hydrogen-bond acceptors (Lipinski definition) is 6. The van der Waals surface area contributed by atoms with Crippen LogP contribution in [-0.4, -0.2) is 36.5 Å². The van der Waals surface area contributed by atoms with Gasteiger partial charge in [0.1, 0.15) is 11.7 Å². The molecule has 0 bridgehead atoms. The summed E-state index contributed by atoms with van der Waals surface area (Å²) in [5.74, 6) is -5.03. The summed E-state index contributed by atoms with van der Waals surface area (Å²) in [6, 6.07) is 6.08. The van der Waals surface area contributed by atoms with E-state index in [1.165, 1.54) is 19.2 Å². The lowest BCUT2D eigenvalue weighted by atomic mass is 9.74. The molecule has 0 unspecified atom stereocenters. The van der Waals surface area contributed by atoms with Gasteiger partial charge in [-0.1, -0.05) is 0 Å². The quantitative estimate of drug-likeness (QED) is 0.426. The average molecular weight is 316 g/mol. The van der Waals surface area contributed by atoms with Crippen molar-refractivity contribution in [1.82, 2.24) is 10.6 Å². The molecule has 23 heavy (non-hydrogen) atoms. The lowest BCUT2D eigenvalue weighted by Gasteiger charge is -2.19. The molecule has 2 fully saturated rings. The Balaban J connectivity index is 1.94. The maximum Gasteiger partial charge on any atom is 0.244 e. The van der Waals surface area contributed by atoms with Crippen molar-refractivity contribution in [1.29, 1.82) is 0 Å². The number of carbonyl (C=O) groups is 5. The molecule has 2 aliphatic rings. The highest BCUT2D eigenvalue weighted by atomic mass is 16.5. The molecule has 2 saturated heterocycles. The zero-order chi connectivity index (χ0) is 16.8. The molecule has 3 rings (SSSR count). The first-order chi connectivity index (χ1) is 10.9. The summed E-state index contributed by atoms with van der Waals surface area (Å²) in [5, 5.41) is 3.93. The topological polar surface area (TPSA) is 119 Å². The van der Waals surface area contributed by atoms with Crippen molar-refractivity contribution in [2.75, 3.05) is 7.11 Å². The van der Waals surface area contributed by atoms with Gasteiger partial charge in [-0.2, -0.15) is 0 Å². The van der Waals surface area contributed by atoms with Crippen LogP contribution in [0, 0.1) is 11.3 Å². The Morgan fingerprint density at radius 3 is 2.04 bits per heavy atom. The van der Waals surface area contributed by atoms with Crippen LogP contribution in [0.1, 0.15) is 16.8 Å². The smallest absolute Gasteiger partial charge is 0.244 e. The Bertz CT molecular complexity index is 722. The Morgan fingerprint density at radius 1 is 1.04 bits per heavy atom. The highest BCUT2D eigenvalue weighted by Crippen LogP contribution is 2.42. The second-order valence-electron chi connectivity index (χ2n) is 5.37. The molecular formula is C15H12N2O6. The molecule has 8 heteroatoms. The zero-order valence-electron chi connectivity index (χ0n) is 12.0. The molecule has 2 aliphatic heterocycles. The highest BCUT2D eigenvalue weighted by molar-refractivity contribution is 6.32. The summed E-state index contributed by atoms with van der Waals surface area (Å²) < 4.78 is 4.98. The molecule has 1 aromatic rings. The Labute approximate surface area is 130 Å². The van der Waals surface area contributed by atoms with E-state index < -0.39 is 47.2 Å². The molecule has 1 aromatic carbocycles. The average Bonchev–Trinajstić information content (AvgIpc) is 2.92. The van der Waals surface area contributed by atoms with Crippen LogP contribution in [0.3, 0.4) is 0 Å². The van der Waals surface area contributed by atoms with Crippen molar-refractivity contribution >= 4 is 29.4 Å². The number of hydrogen-bond donors (Lipinski definition) is 2. The van der Waals surface area contributed by atoms with Gasteiger partial charge in [-0.15, -0.1) is 0 Å². The second-order valence-corrected chi connectivity index (χ2v) is 5.37. The van der Waals surface area contributed by atoms with Crippen LogP contribution in [0.2, 0.25) is 0 Å². The Kier molecular flexibility index (Phi) is 3.24. The molecule has 0 aromatic heterocycles. The summed E-state index contributed by atoms with van der Waals surface area (Å²) in [7, 11) is 1.48. The first-order valence-corrected chi connectivity index (χ1v) is 6.78. The third-order valence-corrected chi connectivity index (χ3v) is 4.15. The lowest BCUT2D eigenvalue weighted by Crippen LogP contribution is -2.43. The van der Waals surface area contributed by atoms with E-state index in [0.29, 0.717) is 5.75 Å². The first kappa shape index (κ1) is 14.9. The zero-order valence-corrected chi connectivity index (χ0v) is 12.0. The fourth-order valence-corrected chi connectivity index (χ4v) is 2.92. The van der Waals surface area contributed by atoms with E-state index in [2.05, 4.69) is 0 Å². The van der Waals surface area contributed by atoms with Crippen molar-refractivity contribution < 1.29 is 28.7 Å². The molecular weight excluding hydrogens is 304 g/mol. The van der Waals surface area contributed by atoms with Gasteiger partial charge in [0.05, 0.1) is 7.11 Å². The number of nitrogens with one attached hydrogen (secondary N) is 2. The number of fused-ring (bicyclic) bond motifs is 1. The summed E-state index contributed by atoms with van der Waals surface area (Å²) in [4.78, 5) is 60.1. The van der Waals surface area contributed by atoms with E-state index in [1.54, 1.807) is 12.1 Å². The number of amides is 4. The summed E-state index contributed by atoms with van der Waals surface area (Å²) >= 11 is 0. The van der Waals surface area contributed by atoms with Crippen LogP contribution in [0.5, 0.6) is 5.75 Å². The minimum Gasteiger partial charge on any atom is -0.497 e. The molecule has 0 saturated carbocycles. The van der Waals surface area contributed by atoms with Crippen molar-refractivity contribution in [3.8, 4) is 5.75 Å². The van der Waals surface area contributed by atoms with Crippen molar-refractivity contribution in [2.24, 2.45) is 11.3 Å². The van der Waals surface area contributed by atoms with Gasteiger partial charge in [-0.25, -0.2) is 0 Å². The minimum atomic E-state index is -1.99. The first-order valence-electron chi connectivity index (χ1n) is 6.78. The number of rotatable bonds is 4. The summed E-state index contributed by atoms with van der Waals surface area (Å²) in [5.41, 5.74) is -1.75. The standard InChI is InChI=1S/C15H12N2O6/c1-23-8-4-2-7(3-5-8)9(18)6-15-10(11(19)16-13(15)21)12(20)17-14(15)22/h2-5,10H,6H2,1H3,(H,16,19,21)(H,17,20,22). The van der Waals surface area contributed by atoms with Crippen molar-refractivity contribution in [3.05, 3.63) is 29.8 Å². The molecule has 0 radical (unpaired) electrons. The number of methoxy groups -OCH3 is 1. The van der Waals surface area contributed by atoms with Crippen LogP contribution >= 0.6 is 0 Å². The molecule has 2 N–H and O–H groups in total.